The molecule has 0 bridgehead atoms. The highest BCUT2D eigenvalue weighted by Crippen LogP contribution is 2.40. The predicted octanol–water partition coefficient (Wildman–Crippen LogP) is 8.05. The van der Waals surface area contributed by atoms with Gasteiger partial charge in [-0.15, -0.1) is 0 Å². The zero-order chi connectivity index (χ0) is 29.9. The number of nitrogens with zero attached hydrogens (tertiary/aromatic N) is 2. The maximum Gasteiger partial charge on any atom is 0.418 e. The number of anilines is 1. The van der Waals surface area contributed by atoms with Crippen molar-refractivity contribution in [1.29, 1.82) is 0 Å². The third-order valence-electron chi connectivity index (χ3n) is 6.93. The topological polar surface area (TPSA) is 86.5 Å². The SMILES string of the molecule is COc1cc(CNc2cccc(-c3c(Cc4ccccc4)cnc4c(C(F)(F)F)cccc34)c2)c([N+](=O)[O-])cc1OC. The van der Waals surface area contributed by atoms with E-state index in [2.05, 4.69) is 10.3 Å². The number of rotatable bonds is 9. The molecular weight excluding hydrogens is 547 g/mol. The second-order valence-corrected chi connectivity index (χ2v) is 9.55. The normalized spacial score (nSPS) is 11.4. The van der Waals surface area contributed by atoms with E-state index in [0.29, 0.717) is 39.9 Å². The van der Waals surface area contributed by atoms with Gasteiger partial charge in [0.2, 0.25) is 0 Å². The molecule has 214 valence electrons. The maximum atomic E-state index is 13.9. The van der Waals surface area contributed by atoms with Crippen LogP contribution in [0, 0.1) is 10.1 Å². The van der Waals surface area contributed by atoms with Gasteiger partial charge in [0.15, 0.2) is 11.5 Å². The Morgan fingerprint density at radius 1 is 0.881 bits per heavy atom. The van der Waals surface area contributed by atoms with Gasteiger partial charge in [0.25, 0.3) is 5.69 Å². The molecule has 1 N–H and O–H groups in total. The molecule has 42 heavy (non-hydrogen) atoms. The van der Waals surface area contributed by atoms with Gasteiger partial charge in [-0.2, -0.15) is 13.2 Å². The van der Waals surface area contributed by atoms with Gasteiger partial charge in [0.1, 0.15) is 0 Å². The number of hydrogen-bond acceptors (Lipinski definition) is 6. The van der Waals surface area contributed by atoms with Crippen LogP contribution in [0.2, 0.25) is 0 Å². The van der Waals surface area contributed by atoms with E-state index in [-0.39, 0.29) is 23.5 Å². The molecule has 0 aliphatic carbocycles. The summed E-state index contributed by atoms with van der Waals surface area (Å²) in [5, 5.41) is 15.3. The summed E-state index contributed by atoms with van der Waals surface area (Å²) < 4.78 is 52.2. The average molecular weight is 574 g/mol. The number of nitro groups is 1. The highest BCUT2D eigenvalue weighted by molar-refractivity contribution is 5.98. The highest BCUT2D eigenvalue weighted by atomic mass is 19.4. The molecule has 0 aliphatic rings. The fraction of sp³-hybridized carbons (Fsp3) is 0.156. The smallest absolute Gasteiger partial charge is 0.418 e. The summed E-state index contributed by atoms with van der Waals surface area (Å²) in [6.45, 7) is 0.0896. The van der Waals surface area contributed by atoms with Gasteiger partial charge < -0.3 is 14.8 Å². The summed E-state index contributed by atoms with van der Waals surface area (Å²) >= 11 is 0. The summed E-state index contributed by atoms with van der Waals surface area (Å²) in [5.41, 5.74) is 2.99. The molecule has 7 nitrogen and oxygen atoms in total. The van der Waals surface area contributed by atoms with Crippen LogP contribution in [0.1, 0.15) is 22.3 Å². The first-order valence-electron chi connectivity index (χ1n) is 12.9. The molecule has 0 amide bonds. The number of benzene rings is 4. The number of para-hydroxylation sites is 1. The molecule has 5 rings (SSSR count). The summed E-state index contributed by atoms with van der Waals surface area (Å²) in [6.07, 6.45) is -2.60. The molecular formula is C32H26F3N3O4. The van der Waals surface area contributed by atoms with Crippen LogP contribution in [0.3, 0.4) is 0 Å². The first-order chi connectivity index (χ1) is 20.2. The Hall–Kier alpha value is -5.12. The third kappa shape index (κ3) is 5.83. The van der Waals surface area contributed by atoms with Crippen molar-refractivity contribution in [2.75, 3.05) is 19.5 Å². The van der Waals surface area contributed by atoms with E-state index in [1.54, 1.807) is 24.3 Å². The van der Waals surface area contributed by atoms with E-state index in [1.807, 2.05) is 42.5 Å². The number of halogens is 3. The fourth-order valence-corrected chi connectivity index (χ4v) is 4.99. The summed E-state index contributed by atoms with van der Waals surface area (Å²) in [7, 11) is 2.85. The Kier molecular flexibility index (Phi) is 7.97. The number of nitro benzene ring substituents is 1. The van der Waals surface area contributed by atoms with E-state index in [4.69, 9.17) is 9.47 Å². The molecule has 0 spiro atoms. The second-order valence-electron chi connectivity index (χ2n) is 9.55. The zero-order valence-corrected chi connectivity index (χ0v) is 22.7. The van der Waals surface area contributed by atoms with Crippen molar-refractivity contribution in [3.63, 3.8) is 0 Å². The summed E-state index contributed by atoms with van der Waals surface area (Å²) in [6, 6.07) is 23.8. The Labute approximate surface area is 239 Å². The molecule has 0 saturated carbocycles. The van der Waals surface area contributed by atoms with E-state index in [9.17, 15) is 23.3 Å². The fourth-order valence-electron chi connectivity index (χ4n) is 4.99. The minimum atomic E-state index is -4.57. The molecule has 0 radical (unpaired) electrons. The van der Waals surface area contributed by atoms with Gasteiger partial charge >= 0.3 is 6.18 Å². The predicted molar refractivity (Wildman–Crippen MR) is 155 cm³/mol. The van der Waals surface area contributed by atoms with Crippen molar-refractivity contribution in [3.8, 4) is 22.6 Å². The van der Waals surface area contributed by atoms with Crippen LogP contribution in [-0.2, 0) is 19.1 Å². The van der Waals surface area contributed by atoms with Gasteiger partial charge in [-0.25, -0.2) is 0 Å². The molecule has 0 atom stereocenters. The second kappa shape index (κ2) is 11.8. The Morgan fingerprint density at radius 3 is 2.29 bits per heavy atom. The Balaban J connectivity index is 1.58. The first-order valence-corrected chi connectivity index (χ1v) is 12.9. The number of aromatic nitrogens is 1. The highest BCUT2D eigenvalue weighted by Gasteiger charge is 2.33. The minimum absolute atomic E-state index is 0.0896. The first kappa shape index (κ1) is 28.4. The van der Waals surface area contributed by atoms with Crippen LogP contribution in [0.4, 0.5) is 24.5 Å². The molecule has 5 aromatic rings. The summed E-state index contributed by atoms with van der Waals surface area (Å²) in [4.78, 5) is 15.5. The molecule has 10 heteroatoms. The van der Waals surface area contributed by atoms with Crippen LogP contribution in [0.25, 0.3) is 22.0 Å². The standard InChI is InChI=1S/C32H26F3N3O4/c1-41-28-16-22(27(38(39)40)17-29(28)42-2)18-36-24-11-6-10-21(15-24)30-23(14-20-8-4-3-5-9-20)19-37-31-25(30)12-7-13-26(31)32(33,34)35/h3-13,15-17,19,36H,14,18H2,1-2H3. The van der Waals surface area contributed by atoms with Gasteiger partial charge in [-0.05, 0) is 52.9 Å². The monoisotopic (exact) mass is 573 g/mol. The van der Waals surface area contributed by atoms with E-state index in [1.165, 1.54) is 32.5 Å². The van der Waals surface area contributed by atoms with Crippen molar-refractivity contribution in [2.45, 2.75) is 19.1 Å². The largest absolute Gasteiger partial charge is 0.493 e. The lowest BCUT2D eigenvalue weighted by Gasteiger charge is -2.17. The molecule has 0 fully saturated rings. The molecule has 0 saturated heterocycles. The van der Waals surface area contributed by atoms with Crippen LogP contribution in [0.5, 0.6) is 11.5 Å². The van der Waals surface area contributed by atoms with E-state index < -0.39 is 16.7 Å². The van der Waals surface area contributed by atoms with Gasteiger partial charge in [-0.1, -0.05) is 54.6 Å². The van der Waals surface area contributed by atoms with Gasteiger partial charge in [-0.3, -0.25) is 15.1 Å². The van der Waals surface area contributed by atoms with Crippen molar-refractivity contribution >= 4 is 22.3 Å². The van der Waals surface area contributed by atoms with Crippen molar-refractivity contribution < 1.29 is 27.6 Å². The minimum Gasteiger partial charge on any atom is -0.493 e. The lowest BCUT2D eigenvalue weighted by atomic mass is 9.91. The van der Waals surface area contributed by atoms with Crippen LogP contribution in [0.15, 0.2) is 91.1 Å². The maximum absolute atomic E-state index is 13.9. The molecule has 0 aliphatic heterocycles. The molecule has 4 aromatic carbocycles. The van der Waals surface area contributed by atoms with Crippen LogP contribution in [-0.4, -0.2) is 24.1 Å². The number of nitrogens with one attached hydrogen (secondary N) is 1. The molecule has 1 heterocycles. The number of pyridine rings is 1. The quantitative estimate of drug-likeness (QED) is 0.142. The lowest BCUT2D eigenvalue weighted by molar-refractivity contribution is -0.385. The van der Waals surface area contributed by atoms with Gasteiger partial charge in [0.05, 0.1) is 41.9 Å². The average Bonchev–Trinajstić information content (AvgIpc) is 2.99. The number of fused-ring (bicyclic) bond motifs is 1. The number of methoxy groups -OCH3 is 2. The van der Waals surface area contributed by atoms with E-state index >= 15 is 0 Å². The van der Waals surface area contributed by atoms with Crippen molar-refractivity contribution in [1.82, 2.24) is 4.98 Å². The molecule has 1 aromatic heterocycles. The van der Waals surface area contributed by atoms with Crippen LogP contribution >= 0.6 is 0 Å². The number of hydrogen-bond donors (Lipinski definition) is 1. The zero-order valence-electron chi connectivity index (χ0n) is 22.7. The lowest BCUT2D eigenvalue weighted by Crippen LogP contribution is -2.07. The van der Waals surface area contributed by atoms with Gasteiger partial charge in [0, 0.05) is 23.8 Å². The summed E-state index contributed by atoms with van der Waals surface area (Å²) in [5.74, 6) is 0.589. The third-order valence-corrected chi connectivity index (χ3v) is 6.93. The van der Waals surface area contributed by atoms with Crippen LogP contribution < -0.4 is 14.8 Å². The number of ether oxygens (including phenoxy) is 2. The van der Waals surface area contributed by atoms with Crippen molar-refractivity contribution in [2.24, 2.45) is 0 Å². The number of alkyl halides is 3. The Morgan fingerprint density at radius 2 is 1.60 bits per heavy atom. The van der Waals surface area contributed by atoms with E-state index in [0.717, 1.165) is 17.2 Å². The Bertz CT molecular complexity index is 1760. The van der Waals surface area contributed by atoms with Crippen molar-refractivity contribution in [3.05, 3.63) is 123 Å². The molecule has 0 unspecified atom stereocenters.